The number of hydrogen-bond acceptors (Lipinski definition) is 3. The third-order valence-electron chi connectivity index (χ3n) is 4.79. The van der Waals surface area contributed by atoms with E-state index in [2.05, 4.69) is 43.4 Å². The zero-order valence-corrected chi connectivity index (χ0v) is 18.8. The average molecular weight is 435 g/mol. The van der Waals surface area contributed by atoms with E-state index >= 15 is 0 Å². The fourth-order valence-corrected chi connectivity index (χ4v) is 3.05. The van der Waals surface area contributed by atoms with Crippen LogP contribution in [0, 0.1) is 0 Å². The van der Waals surface area contributed by atoms with E-state index in [0.717, 1.165) is 22.4 Å². The monoisotopic (exact) mass is 434 g/mol. The Morgan fingerprint density at radius 3 is 2.16 bits per heavy atom. The second-order valence-corrected chi connectivity index (χ2v) is 8.84. The average Bonchev–Trinajstić information content (AvgIpc) is 2.74. The molecule has 0 radical (unpaired) electrons. The van der Waals surface area contributed by atoms with Crippen molar-refractivity contribution < 1.29 is 9.53 Å². The SMILES string of the molecule is CC(C)(C)c1ccc(CC(=O)NN=Cc2ccc(OCc3ccc(Cl)cc3)cc2)cc1. The maximum Gasteiger partial charge on any atom is 0.244 e. The van der Waals surface area contributed by atoms with Gasteiger partial charge in [-0.25, -0.2) is 5.43 Å². The minimum Gasteiger partial charge on any atom is -0.489 e. The number of nitrogens with one attached hydrogen (secondary N) is 1. The summed E-state index contributed by atoms with van der Waals surface area (Å²) in [5, 5.41) is 4.75. The van der Waals surface area contributed by atoms with Crippen molar-refractivity contribution in [3.63, 3.8) is 0 Å². The van der Waals surface area contributed by atoms with Gasteiger partial charge in [0.25, 0.3) is 0 Å². The summed E-state index contributed by atoms with van der Waals surface area (Å²) < 4.78 is 5.77. The molecular weight excluding hydrogens is 408 g/mol. The van der Waals surface area contributed by atoms with E-state index in [0.29, 0.717) is 18.1 Å². The van der Waals surface area contributed by atoms with Crippen LogP contribution in [-0.4, -0.2) is 12.1 Å². The Morgan fingerprint density at radius 2 is 1.55 bits per heavy atom. The van der Waals surface area contributed by atoms with Crippen LogP contribution >= 0.6 is 11.6 Å². The molecule has 0 aliphatic carbocycles. The molecule has 0 aliphatic heterocycles. The number of hydrogen-bond donors (Lipinski definition) is 1. The number of benzene rings is 3. The number of halogens is 1. The quantitative estimate of drug-likeness (QED) is 0.371. The van der Waals surface area contributed by atoms with Crippen LogP contribution in [0.15, 0.2) is 77.9 Å². The molecule has 0 saturated heterocycles. The van der Waals surface area contributed by atoms with Crippen molar-refractivity contribution in [1.29, 1.82) is 0 Å². The predicted molar refractivity (Wildman–Crippen MR) is 127 cm³/mol. The fourth-order valence-electron chi connectivity index (χ4n) is 2.92. The number of hydrazone groups is 1. The summed E-state index contributed by atoms with van der Waals surface area (Å²) in [4.78, 5) is 12.1. The van der Waals surface area contributed by atoms with Gasteiger partial charge in [-0.15, -0.1) is 0 Å². The summed E-state index contributed by atoms with van der Waals surface area (Å²) in [7, 11) is 0. The standard InChI is InChI=1S/C26H27ClN2O2/c1-26(2,3)22-10-4-19(5-11-22)16-25(30)29-28-17-20-8-14-24(15-9-20)31-18-21-6-12-23(27)13-7-21/h4-15,17H,16,18H2,1-3H3,(H,29,30). The van der Waals surface area contributed by atoms with Crippen LogP contribution in [0.25, 0.3) is 0 Å². The topological polar surface area (TPSA) is 50.7 Å². The first kappa shape index (κ1) is 22.6. The number of nitrogens with zero attached hydrogens (tertiary/aromatic N) is 1. The lowest BCUT2D eigenvalue weighted by atomic mass is 9.86. The van der Waals surface area contributed by atoms with Crippen LogP contribution in [0.5, 0.6) is 5.75 Å². The smallest absolute Gasteiger partial charge is 0.244 e. The molecule has 31 heavy (non-hydrogen) atoms. The Morgan fingerprint density at radius 1 is 0.935 bits per heavy atom. The highest BCUT2D eigenvalue weighted by Crippen LogP contribution is 2.22. The van der Waals surface area contributed by atoms with E-state index in [1.54, 1.807) is 6.21 Å². The van der Waals surface area contributed by atoms with Crippen LogP contribution < -0.4 is 10.2 Å². The molecule has 4 nitrogen and oxygen atoms in total. The van der Waals surface area contributed by atoms with Gasteiger partial charge in [-0.3, -0.25) is 4.79 Å². The first-order valence-electron chi connectivity index (χ1n) is 10.2. The molecule has 0 bridgehead atoms. The lowest BCUT2D eigenvalue weighted by Gasteiger charge is -2.19. The van der Waals surface area contributed by atoms with Crippen molar-refractivity contribution in [1.82, 2.24) is 5.43 Å². The van der Waals surface area contributed by atoms with Gasteiger partial charge in [-0.1, -0.05) is 68.8 Å². The normalized spacial score (nSPS) is 11.5. The van der Waals surface area contributed by atoms with E-state index in [1.165, 1.54) is 5.56 Å². The fraction of sp³-hybridized carbons (Fsp3) is 0.231. The minimum atomic E-state index is -0.150. The van der Waals surface area contributed by atoms with Gasteiger partial charge in [0.05, 0.1) is 12.6 Å². The Bertz CT molecular complexity index is 1020. The number of rotatable bonds is 7. The molecule has 0 spiro atoms. The third kappa shape index (κ3) is 7.26. The van der Waals surface area contributed by atoms with Crippen molar-refractivity contribution in [2.45, 2.75) is 39.2 Å². The molecule has 160 valence electrons. The van der Waals surface area contributed by atoms with E-state index in [4.69, 9.17) is 16.3 Å². The number of amides is 1. The lowest BCUT2D eigenvalue weighted by molar-refractivity contribution is -0.120. The lowest BCUT2D eigenvalue weighted by Crippen LogP contribution is -2.20. The number of carbonyl (C=O) groups is 1. The molecule has 0 fully saturated rings. The molecule has 1 amide bonds. The maximum atomic E-state index is 12.1. The summed E-state index contributed by atoms with van der Waals surface area (Å²) >= 11 is 5.89. The van der Waals surface area contributed by atoms with Crippen molar-refractivity contribution in [2.75, 3.05) is 0 Å². The molecule has 0 heterocycles. The van der Waals surface area contributed by atoms with E-state index < -0.39 is 0 Å². The Hall–Kier alpha value is -3.11. The molecule has 0 aromatic heterocycles. The minimum absolute atomic E-state index is 0.0987. The zero-order valence-electron chi connectivity index (χ0n) is 18.1. The van der Waals surface area contributed by atoms with E-state index in [1.807, 2.05) is 60.7 Å². The highest BCUT2D eigenvalue weighted by Gasteiger charge is 2.13. The molecule has 0 saturated carbocycles. The van der Waals surface area contributed by atoms with Crippen LogP contribution in [0.4, 0.5) is 0 Å². The van der Waals surface area contributed by atoms with Gasteiger partial charge in [0.2, 0.25) is 5.91 Å². The van der Waals surface area contributed by atoms with Crippen molar-refractivity contribution in [3.05, 3.63) is 100 Å². The highest BCUT2D eigenvalue weighted by molar-refractivity contribution is 6.30. The first-order chi connectivity index (χ1) is 14.8. The number of ether oxygens (including phenoxy) is 1. The largest absolute Gasteiger partial charge is 0.489 e. The van der Waals surface area contributed by atoms with Gasteiger partial charge in [0, 0.05) is 5.02 Å². The van der Waals surface area contributed by atoms with Gasteiger partial charge in [-0.2, -0.15) is 5.10 Å². The van der Waals surface area contributed by atoms with Crippen molar-refractivity contribution >= 4 is 23.7 Å². The van der Waals surface area contributed by atoms with Crippen LogP contribution in [-0.2, 0) is 23.2 Å². The molecule has 0 aliphatic rings. The van der Waals surface area contributed by atoms with Crippen LogP contribution in [0.1, 0.15) is 43.0 Å². The third-order valence-corrected chi connectivity index (χ3v) is 5.04. The second kappa shape index (κ2) is 10.3. The van der Waals surface area contributed by atoms with E-state index in [9.17, 15) is 4.79 Å². The van der Waals surface area contributed by atoms with E-state index in [-0.39, 0.29) is 11.3 Å². The van der Waals surface area contributed by atoms with Crippen LogP contribution in [0.3, 0.4) is 0 Å². The second-order valence-electron chi connectivity index (χ2n) is 8.40. The molecule has 3 aromatic carbocycles. The molecule has 5 heteroatoms. The van der Waals surface area contributed by atoms with Crippen LogP contribution in [0.2, 0.25) is 5.02 Å². The van der Waals surface area contributed by atoms with Crippen molar-refractivity contribution in [3.8, 4) is 5.75 Å². The maximum absolute atomic E-state index is 12.1. The molecule has 0 atom stereocenters. The molecular formula is C26H27ClN2O2. The van der Waals surface area contributed by atoms with Gasteiger partial charge >= 0.3 is 0 Å². The van der Waals surface area contributed by atoms with Crippen molar-refractivity contribution in [2.24, 2.45) is 5.10 Å². The summed E-state index contributed by atoms with van der Waals surface area (Å²) in [6.07, 6.45) is 1.91. The highest BCUT2D eigenvalue weighted by atomic mass is 35.5. The van der Waals surface area contributed by atoms with Gasteiger partial charge in [0.15, 0.2) is 0 Å². The van der Waals surface area contributed by atoms with Gasteiger partial charge in [0.1, 0.15) is 12.4 Å². The van der Waals surface area contributed by atoms with Gasteiger partial charge < -0.3 is 4.74 Å². The number of carbonyl (C=O) groups excluding carboxylic acids is 1. The predicted octanol–water partition coefficient (Wildman–Crippen LogP) is 5.91. The molecule has 3 rings (SSSR count). The summed E-state index contributed by atoms with van der Waals surface area (Å²) in [6, 6.07) is 23.2. The summed E-state index contributed by atoms with van der Waals surface area (Å²) in [6.45, 7) is 6.97. The summed E-state index contributed by atoms with van der Waals surface area (Å²) in [5.74, 6) is 0.609. The Balaban J connectivity index is 1.45. The molecule has 3 aromatic rings. The molecule has 0 unspecified atom stereocenters. The van der Waals surface area contributed by atoms with Gasteiger partial charge in [-0.05, 0) is 64.1 Å². The Labute approximate surface area is 188 Å². The summed E-state index contributed by atoms with van der Waals surface area (Å²) in [5.41, 5.74) is 6.80. The Kier molecular flexibility index (Phi) is 7.48. The zero-order chi connectivity index (χ0) is 22.3. The first-order valence-corrected chi connectivity index (χ1v) is 10.6. The molecule has 1 N–H and O–H groups in total.